The smallest absolute Gasteiger partial charge is 0.319 e. The lowest BCUT2D eigenvalue weighted by Gasteiger charge is -2.35. The van der Waals surface area contributed by atoms with Crippen LogP contribution in [0.3, 0.4) is 0 Å². The van der Waals surface area contributed by atoms with Gasteiger partial charge in [0.1, 0.15) is 0 Å². The molecule has 2 rings (SSSR count). The van der Waals surface area contributed by atoms with Crippen molar-refractivity contribution in [3.8, 4) is 0 Å². The number of aromatic nitrogens is 2. The number of amides is 3. The predicted molar refractivity (Wildman–Crippen MR) is 65.1 cm³/mol. The number of carbonyl (C=O) groups excluding carboxylic acids is 2. The highest BCUT2D eigenvalue weighted by Crippen LogP contribution is 2.08. The molecule has 0 bridgehead atoms. The molecule has 0 unspecified atom stereocenters. The van der Waals surface area contributed by atoms with Gasteiger partial charge in [0.2, 0.25) is 0 Å². The number of rotatable bonds is 1. The van der Waals surface area contributed by atoms with Crippen LogP contribution in [0.2, 0.25) is 0 Å². The summed E-state index contributed by atoms with van der Waals surface area (Å²) < 4.78 is 0. The number of hydrogen-bond acceptors (Lipinski definition) is 3. The zero-order valence-corrected chi connectivity index (χ0v) is 10.6. The summed E-state index contributed by atoms with van der Waals surface area (Å²) in [4.78, 5) is 28.8. The maximum Gasteiger partial charge on any atom is 0.319 e. The van der Waals surface area contributed by atoms with Crippen LogP contribution in [0.4, 0.5) is 4.79 Å². The van der Waals surface area contributed by atoms with Gasteiger partial charge < -0.3 is 14.7 Å². The van der Waals surface area contributed by atoms with Crippen molar-refractivity contribution in [3.05, 3.63) is 18.0 Å². The van der Waals surface area contributed by atoms with E-state index in [-0.39, 0.29) is 11.9 Å². The van der Waals surface area contributed by atoms with Crippen molar-refractivity contribution in [2.75, 3.05) is 40.3 Å². The van der Waals surface area contributed by atoms with Crippen LogP contribution in [0.25, 0.3) is 0 Å². The van der Waals surface area contributed by atoms with Crippen molar-refractivity contribution in [1.29, 1.82) is 0 Å². The second kappa shape index (κ2) is 5.07. The SMILES string of the molecule is CN(C)C(=O)N1CCN(C(=O)c2cn[nH]c2)CC1. The van der Waals surface area contributed by atoms with E-state index in [0.717, 1.165) is 0 Å². The highest BCUT2D eigenvalue weighted by molar-refractivity contribution is 5.93. The molecule has 0 aromatic carbocycles. The third-order valence-corrected chi connectivity index (χ3v) is 2.97. The lowest BCUT2D eigenvalue weighted by molar-refractivity contribution is 0.0650. The minimum atomic E-state index is -0.0410. The minimum absolute atomic E-state index is 0.00888. The van der Waals surface area contributed by atoms with Gasteiger partial charge in [-0.15, -0.1) is 0 Å². The van der Waals surface area contributed by atoms with Gasteiger partial charge in [-0.2, -0.15) is 5.10 Å². The van der Waals surface area contributed by atoms with Gasteiger partial charge in [0.25, 0.3) is 5.91 Å². The van der Waals surface area contributed by atoms with Gasteiger partial charge in [-0.25, -0.2) is 4.79 Å². The summed E-state index contributed by atoms with van der Waals surface area (Å²) in [7, 11) is 3.46. The summed E-state index contributed by atoms with van der Waals surface area (Å²) in [6, 6.07) is -0.00888. The fraction of sp³-hybridized carbons (Fsp3) is 0.545. The highest BCUT2D eigenvalue weighted by atomic mass is 16.2. The first-order chi connectivity index (χ1) is 8.59. The topological polar surface area (TPSA) is 72.5 Å². The molecule has 1 saturated heterocycles. The summed E-state index contributed by atoms with van der Waals surface area (Å²) in [6.07, 6.45) is 3.10. The highest BCUT2D eigenvalue weighted by Gasteiger charge is 2.25. The fourth-order valence-corrected chi connectivity index (χ4v) is 1.93. The number of aromatic amines is 1. The number of H-pyrrole nitrogens is 1. The van der Waals surface area contributed by atoms with E-state index in [9.17, 15) is 9.59 Å². The Morgan fingerprint density at radius 3 is 2.33 bits per heavy atom. The normalized spacial score (nSPS) is 15.7. The molecule has 0 atom stereocenters. The van der Waals surface area contributed by atoms with Crippen molar-refractivity contribution < 1.29 is 9.59 Å². The molecule has 2 heterocycles. The maximum atomic E-state index is 12.0. The maximum absolute atomic E-state index is 12.0. The van der Waals surface area contributed by atoms with E-state index in [4.69, 9.17) is 0 Å². The Kier molecular flexibility index (Phi) is 3.50. The van der Waals surface area contributed by atoms with E-state index in [1.165, 1.54) is 6.20 Å². The van der Waals surface area contributed by atoms with Crippen LogP contribution in [-0.2, 0) is 0 Å². The second-order valence-corrected chi connectivity index (χ2v) is 4.44. The summed E-state index contributed by atoms with van der Waals surface area (Å²) in [6.45, 7) is 2.26. The first-order valence-electron chi connectivity index (χ1n) is 5.84. The first-order valence-corrected chi connectivity index (χ1v) is 5.84. The molecular formula is C11H17N5O2. The molecule has 0 saturated carbocycles. The third-order valence-electron chi connectivity index (χ3n) is 2.97. The Bertz CT molecular complexity index is 421. The standard InChI is InChI=1S/C11H17N5O2/c1-14(2)11(18)16-5-3-15(4-6-16)10(17)9-7-12-13-8-9/h7-8H,3-6H2,1-2H3,(H,12,13). The van der Waals surface area contributed by atoms with Crippen LogP contribution in [-0.4, -0.2) is 77.1 Å². The second-order valence-electron chi connectivity index (χ2n) is 4.44. The van der Waals surface area contributed by atoms with Gasteiger partial charge in [0.05, 0.1) is 11.8 Å². The van der Waals surface area contributed by atoms with Crippen molar-refractivity contribution in [1.82, 2.24) is 24.9 Å². The predicted octanol–water partition coefficient (Wildman–Crippen LogP) is -0.151. The van der Waals surface area contributed by atoms with Crippen LogP contribution in [0.15, 0.2) is 12.4 Å². The number of nitrogens with zero attached hydrogens (tertiary/aromatic N) is 4. The van der Waals surface area contributed by atoms with Crippen LogP contribution < -0.4 is 0 Å². The lowest BCUT2D eigenvalue weighted by atomic mass is 10.2. The molecule has 7 nitrogen and oxygen atoms in total. The Morgan fingerprint density at radius 1 is 1.22 bits per heavy atom. The summed E-state index contributed by atoms with van der Waals surface area (Å²) in [5.41, 5.74) is 0.558. The summed E-state index contributed by atoms with van der Waals surface area (Å²) in [5.74, 6) is -0.0410. The molecule has 1 N–H and O–H groups in total. The molecule has 1 fully saturated rings. The van der Waals surface area contributed by atoms with Gasteiger partial charge in [0.15, 0.2) is 0 Å². The fourth-order valence-electron chi connectivity index (χ4n) is 1.93. The lowest BCUT2D eigenvalue weighted by Crippen LogP contribution is -2.52. The summed E-state index contributed by atoms with van der Waals surface area (Å²) in [5, 5.41) is 6.38. The third kappa shape index (κ3) is 2.44. The number of nitrogens with one attached hydrogen (secondary N) is 1. The molecule has 1 aliphatic rings. The average Bonchev–Trinajstić information content (AvgIpc) is 2.91. The number of urea groups is 1. The van der Waals surface area contributed by atoms with Crippen LogP contribution >= 0.6 is 0 Å². The molecule has 7 heteroatoms. The summed E-state index contributed by atoms with van der Waals surface area (Å²) >= 11 is 0. The first kappa shape index (κ1) is 12.4. The number of hydrogen-bond donors (Lipinski definition) is 1. The molecule has 1 aromatic rings. The zero-order chi connectivity index (χ0) is 13.1. The molecule has 3 amide bonds. The Balaban J connectivity index is 1.91. The van der Waals surface area contributed by atoms with Crippen molar-refractivity contribution in [2.24, 2.45) is 0 Å². The van der Waals surface area contributed by atoms with Crippen LogP contribution in [0.5, 0.6) is 0 Å². The van der Waals surface area contributed by atoms with Crippen molar-refractivity contribution >= 4 is 11.9 Å². The Morgan fingerprint density at radius 2 is 1.83 bits per heavy atom. The van der Waals surface area contributed by atoms with Gasteiger partial charge in [-0.05, 0) is 0 Å². The molecule has 18 heavy (non-hydrogen) atoms. The van der Waals surface area contributed by atoms with E-state index in [1.807, 2.05) is 0 Å². The molecule has 1 aromatic heterocycles. The monoisotopic (exact) mass is 251 g/mol. The average molecular weight is 251 g/mol. The molecule has 1 aliphatic heterocycles. The largest absolute Gasteiger partial charge is 0.335 e. The molecule has 0 radical (unpaired) electrons. The van der Waals surface area contributed by atoms with Crippen LogP contribution in [0, 0.1) is 0 Å². The Hall–Kier alpha value is -2.05. The van der Waals surface area contributed by atoms with E-state index in [2.05, 4.69) is 10.2 Å². The van der Waals surface area contributed by atoms with Crippen molar-refractivity contribution in [3.63, 3.8) is 0 Å². The molecular weight excluding hydrogens is 234 g/mol. The van der Waals surface area contributed by atoms with E-state index < -0.39 is 0 Å². The Labute approximate surface area is 105 Å². The zero-order valence-electron chi connectivity index (χ0n) is 10.6. The number of piperazine rings is 1. The van der Waals surface area contributed by atoms with E-state index >= 15 is 0 Å². The number of carbonyl (C=O) groups is 2. The van der Waals surface area contributed by atoms with Crippen LogP contribution in [0.1, 0.15) is 10.4 Å². The van der Waals surface area contributed by atoms with Gasteiger partial charge in [0, 0.05) is 46.5 Å². The quantitative estimate of drug-likeness (QED) is 0.754. The molecule has 0 spiro atoms. The van der Waals surface area contributed by atoms with Gasteiger partial charge >= 0.3 is 6.03 Å². The molecule has 0 aliphatic carbocycles. The van der Waals surface area contributed by atoms with Gasteiger partial charge in [-0.3, -0.25) is 9.89 Å². The molecule has 98 valence electrons. The van der Waals surface area contributed by atoms with Crippen molar-refractivity contribution in [2.45, 2.75) is 0 Å². The van der Waals surface area contributed by atoms with Gasteiger partial charge in [-0.1, -0.05) is 0 Å². The van der Waals surface area contributed by atoms with E-state index in [1.54, 1.807) is 35.0 Å². The minimum Gasteiger partial charge on any atom is -0.335 e. The van der Waals surface area contributed by atoms with E-state index in [0.29, 0.717) is 31.7 Å².